The number of methoxy groups -OCH3 is 1. The maximum atomic E-state index is 11.0. The van der Waals surface area contributed by atoms with Crippen LogP contribution < -0.4 is 10.1 Å². The number of rotatable bonds is 9. The van der Waals surface area contributed by atoms with Crippen LogP contribution in [0.25, 0.3) is 0 Å². The van der Waals surface area contributed by atoms with E-state index in [1.54, 1.807) is 12.1 Å². The second-order valence-corrected chi connectivity index (χ2v) is 4.69. The number of hydrogen-bond donors (Lipinski definition) is 2. The molecule has 0 aliphatic heterocycles. The van der Waals surface area contributed by atoms with Gasteiger partial charge in [0, 0.05) is 25.3 Å². The first-order valence-electron chi connectivity index (χ1n) is 6.79. The summed E-state index contributed by atoms with van der Waals surface area (Å²) in [7, 11) is 1.52. The number of hydrogen-bond acceptors (Lipinski definition) is 5. The average Bonchev–Trinajstić information content (AvgIpc) is 2.44. The van der Waals surface area contributed by atoms with Gasteiger partial charge in [-0.15, -0.1) is 0 Å². The van der Waals surface area contributed by atoms with Crippen LogP contribution in [-0.2, 0) is 0 Å². The van der Waals surface area contributed by atoms with Crippen LogP contribution in [0.15, 0.2) is 18.2 Å². The van der Waals surface area contributed by atoms with Gasteiger partial charge in [0.15, 0.2) is 0 Å². The summed E-state index contributed by atoms with van der Waals surface area (Å²) in [6.07, 6.45) is 2.69. The van der Waals surface area contributed by atoms with Crippen molar-refractivity contribution in [2.45, 2.75) is 26.2 Å². The third kappa shape index (κ3) is 4.70. The van der Waals surface area contributed by atoms with Crippen molar-refractivity contribution in [1.82, 2.24) is 0 Å². The number of nitro groups is 1. The quantitative estimate of drug-likeness (QED) is 0.537. The molecule has 1 unspecified atom stereocenters. The highest BCUT2D eigenvalue weighted by Crippen LogP contribution is 2.29. The molecular weight excluding hydrogens is 260 g/mol. The summed E-state index contributed by atoms with van der Waals surface area (Å²) < 4.78 is 5.09. The summed E-state index contributed by atoms with van der Waals surface area (Å²) in [4.78, 5) is 10.6. The second-order valence-electron chi connectivity index (χ2n) is 4.69. The zero-order valence-electron chi connectivity index (χ0n) is 12.0. The maximum absolute atomic E-state index is 11.0. The number of nitro benzene ring substituents is 1. The molecule has 1 atom stereocenters. The minimum atomic E-state index is -0.414. The van der Waals surface area contributed by atoms with Crippen LogP contribution in [0.1, 0.15) is 26.2 Å². The van der Waals surface area contributed by atoms with E-state index < -0.39 is 4.92 Å². The maximum Gasteiger partial charge on any atom is 0.292 e. The fourth-order valence-corrected chi connectivity index (χ4v) is 2.14. The molecule has 0 fully saturated rings. The van der Waals surface area contributed by atoms with Crippen molar-refractivity contribution in [2.24, 2.45) is 5.92 Å². The van der Waals surface area contributed by atoms with Gasteiger partial charge in [0.2, 0.25) is 0 Å². The average molecular weight is 282 g/mol. The van der Waals surface area contributed by atoms with E-state index in [9.17, 15) is 10.1 Å². The van der Waals surface area contributed by atoms with Crippen LogP contribution in [0, 0.1) is 16.0 Å². The van der Waals surface area contributed by atoms with E-state index in [1.807, 2.05) is 0 Å². The predicted octanol–water partition coefficient (Wildman–Crippen LogP) is 2.81. The molecule has 0 bridgehead atoms. The first kappa shape index (κ1) is 16.2. The van der Waals surface area contributed by atoms with E-state index >= 15 is 0 Å². The SMILES string of the molecule is CCCC(CCO)CNc1cc(OC)ccc1[N+](=O)[O-]. The molecule has 0 heterocycles. The highest BCUT2D eigenvalue weighted by molar-refractivity contribution is 5.64. The van der Waals surface area contributed by atoms with Crippen LogP contribution in [0.3, 0.4) is 0 Å². The Hall–Kier alpha value is -1.82. The minimum absolute atomic E-state index is 0.0325. The Balaban J connectivity index is 2.80. The molecule has 0 aromatic heterocycles. The van der Waals surface area contributed by atoms with E-state index in [4.69, 9.17) is 9.84 Å². The Morgan fingerprint density at radius 1 is 1.45 bits per heavy atom. The summed E-state index contributed by atoms with van der Waals surface area (Å²) in [5.41, 5.74) is 0.485. The molecule has 0 saturated heterocycles. The molecule has 1 rings (SSSR count). The van der Waals surface area contributed by atoms with Gasteiger partial charge >= 0.3 is 0 Å². The van der Waals surface area contributed by atoms with Gasteiger partial charge in [-0.1, -0.05) is 13.3 Å². The lowest BCUT2D eigenvalue weighted by atomic mass is 10.00. The lowest BCUT2D eigenvalue weighted by molar-refractivity contribution is -0.384. The third-order valence-corrected chi connectivity index (χ3v) is 3.22. The number of nitrogens with one attached hydrogen (secondary N) is 1. The van der Waals surface area contributed by atoms with Gasteiger partial charge in [0.05, 0.1) is 12.0 Å². The fraction of sp³-hybridized carbons (Fsp3) is 0.571. The van der Waals surface area contributed by atoms with Crippen molar-refractivity contribution >= 4 is 11.4 Å². The van der Waals surface area contributed by atoms with Gasteiger partial charge in [-0.05, 0) is 24.8 Å². The molecule has 0 radical (unpaired) electrons. The first-order valence-corrected chi connectivity index (χ1v) is 6.79. The number of benzene rings is 1. The monoisotopic (exact) mass is 282 g/mol. The van der Waals surface area contributed by atoms with Crippen molar-refractivity contribution < 1.29 is 14.8 Å². The van der Waals surface area contributed by atoms with Crippen molar-refractivity contribution in [2.75, 3.05) is 25.6 Å². The molecular formula is C14H22N2O4. The topological polar surface area (TPSA) is 84.6 Å². The molecule has 0 amide bonds. The van der Waals surface area contributed by atoms with Crippen LogP contribution in [0.2, 0.25) is 0 Å². The molecule has 0 aliphatic rings. The second kappa shape index (κ2) is 8.37. The van der Waals surface area contributed by atoms with Crippen LogP contribution in [-0.4, -0.2) is 30.3 Å². The molecule has 1 aromatic carbocycles. The van der Waals surface area contributed by atoms with Crippen LogP contribution >= 0.6 is 0 Å². The number of aliphatic hydroxyl groups excluding tert-OH is 1. The van der Waals surface area contributed by atoms with Crippen LogP contribution in [0.5, 0.6) is 5.75 Å². The number of anilines is 1. The largest absolute Gasteiger partial charge is 0.497 e. The highest BCUT2D eigenvalue weighted by atomic mass is 16.6. The summed E-state index contributed by atoms with van der Waals surface area (Å²) in [5, 5.41) is 23.1. The predicted molar refractivity (Wildman–Crippen MR) is 78.2 cm³/mol. The third-order valence-electron chi connectivity index (χ3n) is 3.22. The van der Waals surface area contributed by atoms with Gasteiger partial charge in [-0.3, -0.25) is 10.1 Å². The van der Waals surface area contributed by atoms with Gasteiger partial charge in [-0.2, -0.15) is 0 Å². The molecule has 0 aliphatic carbocycles. The summed E-state index contributed by atoms with van der Waals surface area (Å²) in [6.45, 7) is 2.81. The fourth-order valence-electron chi connectivity index (χ4n) is 2.14. The number of nitrogens with zero attached hydrogens (tertiary/aromatic N) is 1. The zero-order valence-corrected chi connectivity index (χ0v) is 12.0. The Kier molecular flexibility index (Phi) is 6.79. The van der Waals surface area contributed by atoms with Gasteiger partial charge < -0.3 is 15.2 Å². The Labute approximate surface area is 118 Å². The van der Waals surface area contributed by atoms with E-state index in [2.05, 4.69) is 12.2 Å². The molecule has 0 saturated carbocycles. The Morgan fingerprint density at radius 2 is 2.20 bits per heavy atom. The Morgan fingerprint density at radius 3 is 2.75 bits per heavy atom. The summed E-state index contributed by atoms with van der Waals surface area (Å²) in [5.74, 6) is 0.878. The van der Waals surface area contributed by atoms with Crippen molar-refractivity contribution in [3.05, 3.63) is 28.3 Å². The summed E-state index contributed by atoms with van der Waals surface area (Å²) >= 11 is 0. The minimum Gasteiger partial charge on any atom is -0.497 e. The molecule has 2 N–H and O–H groups in total. The smallest absolute Gasteiger partial charge is 0.292 e. The molecule has 112 valence electrons. The van der Waals surface area contributed by atoms with E-state index in [0.717, 1.165) is 12.8 Å². The van der Waals surface area contributed by atoms with Gasteiger partial charge in [0.1, 0.15) is 11.4 Å². The lowest BCUT2D eigenvalue weighted by Crippen LogP contribution is -2.16. The Bertz CT molecular complexity index is 431. The van der Waals surface area contributed by atoms with E-state index in [0.29, 0.717) is 30.3 Å². The van der Waals surface area contributed by atoms with E-state index in [-0.39, 0.29) is 12.3 Å². The molecule has 6 heteroatoms. The number of aliphatic hydroxyl groups is 1. The molecule has 0 spiro atoms. The normalized spacial score (nSPS) is 11.9. The van der Waals surface area contributed by atoms with Gasteiger partial charge in [0.25, 0.3) is 5.69 Å². The zero-order chi connectivity index (χ0) is 15.0. The van der Waals surface area contributed by atoms with E-state index in [1.165, 1.54) is 13.2 Å². The first-order chi connectivity index (χ1) is 9.62. The molecule has 6 nitrogen and oxygen atoms in total. The molecule has 1 aromatic rings. The van der Waals surface area contributed by atoms with Gasteiger partial charge in [-0.25, -0.2) is 0 Å². The number of ether oxygens (including phenoxy) is 1. The van der Waals surface area contributed by atoms with Crippen LogP contribution in [0.4, 0.5) is 11.4 Å². The van der Waals surface area contributed by atoms with Crippen molar-refractivity contribution in [3.8, 4) is 5.75 Å². The highest BCUT2D eigenvalue weighted by Gasteiger charge is 2.16. The summed E-state index contributed by atoms with van der Waals surface area (Å²) in [6, 6.07) is 4.63. The standard InChI is InChI=1S/C14H22N2O4/c1-3-4-11(7-8-17)10-15-13-9-12(20-2)5-6-14(13)16(18)19/h5-6,9,11,15,17H,3-4,7-8,10H2,1-2H3. The lowest BCUT2D eigenvalue weighted by Gasteiger charge is -2.16. The van der Waals surface area contributed by atoms with Crippen molar-refractivity contribution in [1.29, 1.82) is 0 Å². The van der Waals surface area contributed by atoms with Crippen molar-refractivity contribution in [3.63, 3.8) is 0 Å². The molecule has 20 heavy (non-hydrogen) atoms.